The number of amides is 2. The second-order valence-corrected chi connectivity index (χ2v) is 6.27. The first-order valence-electron chi connectivity index (χ1n) is 6.11. The molecule has 3 N–H and O–H groups in total. The summed E-state index contributed by atoms with van der Waals surface area (Å²) in [5.41, 5.74) is 6.19. The molecule has 19 heavy (non-hydrogen) atoms. The minimum atomic E-state index is -0.224. The van der Waals surface area contributed by atoms with E-state index in [9.17, 15) is 4.79 Å². The Bertz CT molecular complexity index is 491. The largest absolute Gasteiger partial charge is 0.333 e. The number of hydrogen-bond donors (Lipinski definition) is 2. The number of nitrogens with one attached hydrogen (secondary N) is 1. The van der Waals surface area contributed by atoms with Gasteiger partial charge in [0.1, 0.15) is 0 Å². The van der Waals surface area contributed by atoms with Crippen molar-refractivity contribution in [3.05, 3.63) is 21.9 Å². The molecule has 0 radical (unpaired) electrons. The molecule has 5 heteroatoms. The van der Waals surface area contributed by atoms with Crippen LogP contribution >= 0.6 is 11.3 Å². The molecular formula is C14H21N3OS. The first kappa shape index (κ1) is 15.5. The van der Waals surface area contributed by atoms with Crippen molar-refractivity contribution in [1.29, 1.82) is 0 Å². The van der Waals surface area contributed by atoms with Crippen molar-refractivity contribution in [2.75, 3.05) is 13.6 Å². The summed E-state index contributed by atoms with van der Waals surface area (Å²) in [7, 11) is 1.78. The van der Waals surface area contributed by atoms with Gasteiger partial charge in [0.05, 0.1) is 11.4 Å². The molecular weight excluding hydrogens is 258 g/mol. The zero-order valence-electron chi connectivity index (χ0n) is 11.9. The predicted molar refractivity (Wildman–Crippen MR) is 80.0 cm³/mol. The van der Waals surface area contributed by atoms with E-state index >= 15 is 0 Å². The summed E-state index contributed by atoms with van der Waals surface area (Å²) in [6, 6.07) is 1.92. The molecule has 0 aromatic carbocycles. The predicted octanol–water partition coefficient (Wildman–Crippen LogP) is 2.00. The lowest BCUT2D eigenvalue weighted by atomic mass is 10.1. The van der Waals surface area contributed by atoms with E-state index in [1.54, 1.807) is 23.3 Å². The second kappa shape index (κ2) is 6.60. The Kier molecular flexibility index (Phi) is 5.40. The van der Waals surface area contributed by atoms with Gasteiger partial charge in [0.15, 0.2) is 0 Å². The van der Waals surface area contributed by atoms with E-state index in [1.165, 1.54) is 0 Å². The lowest BCUT2D eigenvalue weighted by molar-refractivity contribution is 0.197. The molecule has 0 spiro atoms. The molecule has 0 atom stereocenters. The van der Waals surface area contributed by atoms with E-state index in [0.29, 0.717) is 13.1 Å². The maximum Gasteiger partial charge on any atom is 0.317 e. The Morgan fingerprint density at radius 2 is 2.21 bits per heavy atom. The zero-order chi connectivity index (χ0) is 14.5. The highest BCUT2D eigenvalue weighted by atomic mass is 32.1. The third-order valence-electron chi connectivity index (χ3n) is 2.22. The van der Waals surface area contributed by atoms with E-state index in [2.05, 4.69) is 17.2 Å². The second-order valence-electron chi connectivity index (χ2n) is 5.36. The van der Waals surface area contributed by atoms with Gasteiger partial charge >= 0.3 is 6.03 Å². The van der Waals surface area contributed by atoms with Gasteiger partial charge in [-0.15, -0.1) is 11.3 Å². The summed E-state index contributed by atoms with van der Waals surface area (Å²) >= 11 is 1.57. The van der Waals surface area contributed by atoms with E-state index in [0.717, 1.165) is 10.4 Å². The zero-order valence-corrected chi connectivity index (χ0v) is 12.7. The summed E-state index contributed by atoms with van der Waals surface area (Å²) < 4.78 is 0. The summed E-state index contributed by atoms with van der Waals surface area (Å²) in [4.78, 5) is 14.6. The molecule has 0 aliphatic carbocycles. The van der Waals surface area contributed by atoms with Crippen LogP contribution in [0, 0.1) is 11.8 Å². The van der Waals surface area contributed by atoms with Gasteiger partial charge in [-0.25, -0.2) is 4.79 Å². The monoisotopic (exact) mass is 279 g/mol. The molecule has 0 saturated carbocycles. The molecule has 1 aromatic heterocycles. The highest BCUT2D eigenvalue weighted by Gasteiger charge is 2.17. The van der Waals surface area contributed by atoms with Crippen LogP contribution in [0.5, 0.6) is 0 Å². The van der Waals surface area contributed by atoms with Crippen molar-refractivity contribution in [3.8, 4) is 11.8 Å². The van der Waals surface area contributed by atoms with Crippen LogP contribution in [0.3, 0.4) is 0 Å². The molecule has 1 heterocycles. The summed E-state index contributed by atoms with van der Waals surface area (Å²) in [5, 5.41) is 4.94. The molecule has 4 nitrogen and oxygen atoms in total. The Morgan fingerprint density at radius 1 is 1.53 bits per heavy atom. The van der Waals surface area contributed by atoms with Crippen molar-refractivity contribution in [1.82, 2.24) is 10.2 Å². The normalized spacial score (nSPS) is 10.6. The third-order valence-corrected chi connectivity index (χ3v) is 3.11. The molecule has 0 aliphatic heterocycles. The van der Waals surface area contributed by atoms with Crippen molar-refractivity contribution in [3.63, 3.8) is 0 Å². The molecule has 0 saturated heterocycles. The van der Waals surface area contributed by atoms with E-state index in [1.807, 2.05) is 32.2 Å². The Hall–Kier alpha value is -1.51. The average Bonchev–Trinajstić information content (AvgIpc) is 2.71. The number of nitrogens with two attached hydrogens (primary N) is 1. The molecule has 0 aliphatic rings. The molecule has 0 unspecified atom stereocenters. The minimum Gasteiger partial charge on any atom is -0.333 e. The summed E-state index contributed by atoms with van der Waals surface area (Å²) in [6.45, 7) is 6.82. The standard InChI is InChI=1S/C14H21N3OS/c1-14(2,3)16-13(18)17(4)9-11-8-12(19-10-11)6-5-7-15/h8,10H,7,9,15H2,1-4H3,(H,16,18). The van der Waals surface area contributed by atoms with Crippen LogP contribution in [0.4, 0.5) is 4.79 Å². The summed E-state index contributed by atoms with van der Waals surface area (Å²) in [6.07, 6.45) is 0. The van der Waals surface area contributed by atoms with Crippen molar-refractivity contribution in [2.24, 2.45) is 5.73 Å². The fourth-order valence-corrected chi connectivity index (χ4v) is 2.20. The molecule has 1 aromatic rings. The molecule has 2 amide bonds. The van der Waals surface area contributed by atoms with Crippen molar-refractivity contribution in [2.45, 2.75) is 32.9 Å². The van der Waals surface area contributed by atoms with Gasteiger partial charge < -0.3 is 16.0 Å². The van der Waals surface area contributed by atoms with Gasteiger partial charge in [0, 0.05) is 19.1 Å². The maximum absolute atomic E-state index is 11.9. The Balaban J connectivity index is 2.59. The molecule has 1 rings (SSSR count). The fraction of sp³-hybridized carbons (Fsp3) is 0.500. The average molecular weight is 279 g/mol. The number of urea groups is 1. The van der Waals surface area contributed by atoms with Gasteiger partial charge in [0.25, 0.3) is 0 Å². The van der Waals surface area contributed by atoms with Crippen LogP contribution in [0.1, 0.15) is 31.2 Å². The number of thiophene rings is 1. The fourth-order valence-electron chi connectivity index (χ4n) is 1.42. The van der Waals surface area contributed by atoms with Gasteiger partial charge in [-0.3, -0.25) is 0 Å². The molecule has 0 bridgehead atoms. The van der Waals surface area contributed by atoms with E-state index in [-0.39, 0.29) is 11.6 Å². The number of carbonyl (C=O) groups is 1. The Labute approximate surface area is 119 Å². The van der Waals surface area contributed by atoms with Crippen LogP contribution in [0.15, 0.2) is 11.4 Å². The van der Waals surface area contributed by atoms with Gasteiger partial charge in [-0.05, 0) is 37.8 Å². The number of rotatable bonds is 2. The molecule has 0 fully saturated rings. The number of carbonyl (C=O) groups excluding carboxylic acids is 1. The van der Waals surface area contributed by atoms with Gasteiger partial charge in [-0.1, -0.05) is 11.8 Å². The topological polar surface area (TPSA) is 58.4 Å². The Morgan fingerprint density at radius 3 is 2.79 bits per heavy atom. The van der Waals surface area contributed by atoms with Crippen molar-refractivity contribution >= 4 is 17.4 Å². The summed E-state index contributed by atoms with van der Waals surface area (Å²) in [5.74, 6) is 5.81. The van der Waals surface area contributed by atoms with Crippen LogP contribution in [0.25, 0.3) is 0 Å². The quantitative estimate of drug-likeness (QED) is 0.814. The number of hydrogen-bond acceptors (Lipinski definition) is 3. The minimum absolute atomic E-state index is 0.0757. The van der Waals surface area contributed by atoms with Crippen LogP contribution in [-0.2, 0) is 6.54 Å². The lowest BCUT2D eigenvalue weighted by Crippen LogP contribution is -2.46. The highest BCUT2D eigenvalue weighted by molar-refractivity contribution is 7.10. The van der Waals surface area contributed by atoms with Gasteiger partial charge in [0.2, 0.25) is 0 Å². The van der Waals surface area contributed by atoms with Crippen LogP contribution in [-0.4, -0.2) is 30.1 Å². The van der Waals surface area contributed by atoms with Crippen LogP contribution in [0.2, 0.25) is 0 Å². The number of nitrogens with zero attached hydrogens (tertiary/aromatic N) is 1. The third kappa shape index (κ3) is 5.77. The highest BCUT2D eigenvalue weighted by Crippen LogP contribution is 2.15. The van der Waals surface area contributed by atoms with E-state index in [4.69, 9.17) is 5.73 Å². The first-order valence-corrected chi connectivity index (χ1v) is 6.99. The van der Waals surface area contributed by atoms with Gasteiger partial charge in [-0.2, -0.15) is 0 Å². The van der Waals surface area contributed by atoms with Crippen LogP contribution < -0.4 is 11.1 Å². The lowest BCUT2D eigenvalue weighted by Gasteiger charge is -2.25. The van der Waals surface area contributed by atoms with E-state index < -0.39 is 0 Å². The smallest absolute Gasteiger partial charge is 0.317 e. The maximum atomic E-state index is 11.9. The first-order chi connectivity index (χ1) is 8.81. The van der Waals surface area contributed by atoms with Crippen molar-refractivity contribution < 1.29 is 4.79 Å². The molecule has 104 valence electrons. The SMILES string of the molecule is CN(Cc1csc(C#CCN)c1)C(=O)NC(C)(C)C.